The number of fused-ring (bicyclic) bond motifs is 3. The summed E-state index contributed by atoms with van der Waals surface area (Å²) in [5.41, 5.74) is 8.28. The number of hydrogen-bond acceptors (Lipinski definition) is 1. The van der Waals surface area contributed by atoms with E-state index in [0.29, 0.717) is 0 Å². The molecule has 0 amide bonds. The van der Waals surface area contributed by atoms with Crippen LogP contribution in [0.3, 0.4) is 0 Å². The second kappa shape index (κ2) is 10.6. The molecule has 0 heterocycles. The van der Waals surface area contributed by atoms with Crippen LogP contribution in [0, 0.1) is 0 Å². The molecule has 8 rings (SSSR count). The summed E-state index contributed by atoms with van der Waals surface area (Å²) in [6.07, 6.45) is 0. The minimum atomic E-state index is 1.12. The van der Waals surface area contributed by atoms with E-state index in [1.165, 1.54) is 54.6 Å². The van der Waals surface area contributed by atoms with E-state index in [0.717, 1.165) is 17.1 Å². The molecule has 43 heavy (non-hydrogen) atoms. The lowest BCUT2D eigenvalue weighted by atomic mass is 9.94. The van der Waals surface area contributed by atoms with Crippen molar-refractivity contribution in [2.24, 2.45) is 0 Å². The minimum Gasteiger partial charge on any atom is -0.310 e. The fraction of sp³-hybridized carbons (Fsp3) is 0. The van der Waals surface area contributed by atoms with Crippen molar-refractivity contribution in [1.29, 1.82) is 0 Å². The van der Waals surface area contributed by atoms with E-state index in [2.05, 4.69) is 181 Å². The van der Waals surface area contributed by atoms with Gasteiger partial charge in [-0.05, 0) is 85.6 Å². The lowest BCUT2D eigenvalue weighted by Crippen LogP contribution is -2.10. The topological polar surface area (TPSA) is 3.24 Å². The van der Waals surface area contributed by atoms with Gasteiger partial charge in [0.15, 0.2) is 0 Å². The fourth-order valence-corrected chi connectivity index (χ4v) is 6.28. The fourth-order valence-electron chi connectivity index (χ4n) is 6.28. The average Bonchev–Trinajstić information content (AvgIpc) is 3.08. The van der Waals surface area contributed by atoms with Gasteiger partial charge in [0.1, 0.15) is 0 Å². The summed E-state index contributed by atoms with van der Waals surface area (Å²) < 4.78 is 0. The van der Waals surface area contributed by atoms with Gasteiger partial charge >= 0.3 is 0 Å². The van der Waals surface area contributed by atoms with E-state index in [1.54, 1.807) is 0 Å². The molecule has 0 bridgehead atoms. The van der Waals surface area contributed by atoms with Crippen molar-refractivity contribution < 1.29 is 0 Å². The van der Waals surface area contributed by atoms with Crippen molar-refractivity contribution in [3.8, 4) is 22.3 Å². The van der Waals surface area contributed by atoms with Gasteiger partial charge in [-0.15, -0.1) is 0 Å². The van der Waals surface area contributed by atoms with Gasteiger partial charge in [-0.1, -0.05) is 140 Å². The summed E-state index contributed by atoms with van der Waals surface area (Å²) in [4.78, 5) is 2.41. The van der Waals surface area contributed by atoms with Crippen LogP contribution in [0.5, 0.6) is 0 Å². The quantitative estimate of drug-likeness (QED) is 0.207. The molecule has 0 saturated heterocycles. The zero-order valence-corrected chi connectivity index (χ0v) is 23.7. The van der Waals surface area contributed by atoms with Crippen LogP contribution in [0.1, 0.15) is 0 Å². The highest BCUT2D eigenvalue weighted by Gasteiger charge is 2.18. The lowest BCUT2D eigenvalue weighted by molar-refractivity contribution is 1.30. The van der Waals surface area contributed by atoms with Crippen molar-refractivity contribution in [3.63, 3.8) is 0 Å². The van der Waals surface area contributed by atoms with Gasteiger partial charge < -0.3 is 4.90 Å². The highest BCUT2D eigenvalue weighted by Crippen LogP contribution is 2.44. The summed E-state index contributed by atoms with van der Waals surface area (Å²) in [6.45, 7) is 0. The van der Waals surface area contributed by atoms with E-state index in [-0.39, 0.29) is 0 Å². The maximum Gasteiger partial charge on any atom is 0.0546 e. The average molecular weight is 548 g/mol. The van der Waals surface area contributed by atoms with Gasteiger partial charge in [-0.2, -0.15) is 0 Å². The van der Waals surface area contributed by atoms with Gasteiger partial charge in [-0.25, -0.2) is 0 Å². The van der Waals surface area contributed by atoms with Crippen LogP contribution in [0.4, 0.5) is 17.1 Å². The highest BCUT2D eigenvalue weighted by atomic mass is 15.1. The Morgan fingerprint density at radius 1 is 0.302 bits per heavy atom. The molecule has 0 radical (unpaired) electrons. The molecule has 0 fully saturated rings. The maximum absolute atomic E-state index is 2.41. The molecule has 202 valence electrons. The molecule has 0 N–H and O–H groups in total. The smallest absolute Gasteiger partial charge is 0.0546 e. The Hall–Kier alpha value is -5.66. The number of benzene rings is 8. The first kappa shape index (κ1) is 25.1. The van der Waals surface area contributed by atoms with Crippen LogP contribution in [-0.2, 0) is 0 Å². The van der Waals surface area contributed by atoms with Crippen molar-refractivity contribution in [2.45, 2.75) is 0 Å². The predicted octanol–water partition coefficient (Wildman–Crippen LogP) is 11.9. The second-order valence-electron chi connectivity index (χ2n) is 11.0. The Kier molecular flexibility index (Phi) is 6.20. The minimum absolute atomic E-state index is 1.12. The van der Waals surface area contributed by atoms with Crippen LogP contribution < -0.4 is 4.90 Å². The SMILES string of the molecule is c1ccc(-c2ccc(N(c3ccc4ccccc4c3)c3cccc4cccc(-c5ccc6ccccc6c5)c34)cc2)cc1. The highest BCUT2D eigenvalue weighted by molar-refractivity contribution is 6.09. The van der Waals surface area contributed by atoms with Crippen molar-refractivity contribution in [2.75, 3.05) is 4.90 Å². The van der Waals surface area contributed by atoms with Crippen LogP contribution in [0.15, 0.2) is 176 Å². The summed E-state index contributed by atoms with van der Waals surface area (Å²) >= 11 is 0. The third kappa shape index (κ3) is 4.62. The molecule has 0 aromatic heterocycles. The molecule has 8 aromatic rings. The molecular weight excluding hydrogens is 518 g/mol. The Balaban J connectivity index is 1.36. The number of nitrogens with zero attached hydrogens (tertiary/aromatic N) is 1. The summed E-state index contributed by atoms with van der Waals surface area (Å²) in [5, 5.41) is 7.41. The van der Waals surface area contributed by atoms with E-state index in [1.807, 2.05) is 0 Å². The monoisotopic (exact) mass is 547 g/mol. The largest absolute Gasteiger partial charge is 0.310 e. The first-order valence-corrected chi connectivity index (χ1v) is 14.8. The Labute approximate surface area is 251 Å². The van der Waals surface area contributed by atoms with E-state index in [4.69, 9.17) is 0 Å². The zero-order chi connectivity index (χ0) is 28.6. The van der Waals surface area contributed by atoms with Gasteiger partial charge in [0, 0.05) is 16.8 Å². The second-order valence-corrected chi connectivity index (χ2v) is 11.0. The van der Waals surface area contributed by atoms with Gasteiger partial charge in [-0.3, -0.25) is 0 Å². The molecule has 0 spiro atoms. The molecule has 0 aliphatic rings. The Morgan fingerprint density at radius 2 is 0.837 bits per heavy atom. The van der Waals surface area contributed by atoms with Gasteiger partial charge in [0.2, 0.25) is 0 Å². The van der Waals surface area contributed by atoms with Crippen molar-refractivity contribution >= 4 is 49.4 Å². The van der Waals surface area contributed by atoms with E-state index < -0.39 is 0 Å². The van der Waals surface area contributed by atoms with Crippen LogP contribution in [0.25, 0.3) is 54.6 Å². The van der Waals surface area contributed by atoms with E-state index in [9.17, 15) is 0 Å². The Bertz CT molecular complexity index is 2220. The molecule has 0 aliphatic heterocycles. The normalized spacial score (nSPS) is 11.3. The first-order valence-electron chi connectivity index (χ1n) is 14.8. The Morgan fingerprint density at radius 3 is 1.58 bits per heavy atom. The number of anilines is 3. The third-order valence-corrected chi connectivity index (χ3v) is 8.41. The lowest BCUT2D eigenvalue weighted by Gasteiger charge is -2.28. The summed E-state index contributed by atoms with van der Waals surface area (Å²) in [7, 11) is 0. The molecule has 8 aromatic carbocycles. The summed E-state index contributed by atoms with van der Waals surface area (Å²) in [6, 6.07) is 63.6. The van der Waals surface area contributed by atoms with Crippen molar-refractivity contribution in [3.05, 3.63) is 176 Å². The number of rotatable bonds is 5. The number of hydrogen-bond donors (Lipinski definition) is 0. The molecule has 0 aliphatic carbocycles. The van der Waals surface area contributed by atoms with E-state index >= 15 is 0 Å². The van der Waals surface area contributed by atoms with Crippen molar-refractivity contribution in [1.82, 2.24) is 0 Å². The molecule has 0 unspecified atom stereocenters. The van der Waals surface area contributed by atoms with Gasteiger partial charge in [0.25, 0.3) is 0 Å². The third-order valence-electron chi connectivity index (χ3n) is 8.41. The first-order chi connectivity index (χ1) is 21.3. The molecular formula is C42H29N. The molecule has 0 saturated carbocycles. The van der Waals surface area contributed by atoms with Crippen LogP contribution in [0.2, 0.25) is 0 Å². The van der Waals surface area contributed by atoms with Gasteiger partial charge in [0.05, 0.1) is 5.69 Å². The summed E-state index contributed by atoms with van der Waals surface area (Å²) in [5.74, 6) is 0. The maximum atomic E-state index is 2.41. The van der Waals surface area contributed by atoms with Crippen LogP contribution in [-0.4, -0.2) is 0 Å². The molecule has 1 heteroatoms. The molecule has 1 nitrogen and oxygen atoms in total. The standard InChI is InChI=1S/C42H29N/c1-2-10-30(11-3-1)33-22-25-38(26-23-33)43(39-27-24-32-13-5-7-15-36(32)29-39)41-19-9-17-34-16-8-18-40(42(34)41)37-21-20-31-12-4-6-14-35(31)28-37/h1-29H. The van der Waals surface area contributed by atoms with Crippen LogP contribution >= 0.6 is 0 Å². The molecule has 0 atom stereocenters. The zero-order valence-electron chi connectivity index (χ0n) is 23.7. The predicted molar refractivity (Wildman–Crippen MR) is 185 cm³/mol.